The van der Waals surface area contributed by atoms with E-state index >= 15 is 0 Å². The normalized spacial score (nSPS) is 23.6. The van der Waals surface area contributed by atoms with Crippen LogP contribution in [-0.2, 0) is 4.74 Å². The molecule has 1 aliphatic rings. The van der Waals surface area contributed by atoms with Crippen molar-refractivity contribution in [1.29, 1.82) is 0 Å². The Kier molecular flexibility index (Phi) is 3.50. The van der Waals surface area contributed by atoms with Gasteiger partial charge in [0.2, 0.25) is 0 Å². The molecule has 1 N–H and O–H groups in total. The van der Waals surface area contributed by atoms with Gasteiger partial charge in [-0.3, -0.25) is 0 Å². The molecule has 1 atom stereocenters. The Bertz CT molecular complexity index is 537. The lowest BCUT2D eigenvalue weighted by Crippen LogP contribution is -2.37. The van der Waals surface area contributed by atoms with E-state index in [0.29, 0.717) is 6.42 Å². The molecule has 1 aromatic carbocycles. The average molecular weight is 282 g/mol. The first kappa shape index (κ1) is 14.8. The summed E-state index contributed by atoms with van der Waals surface area (Å²) in [4.78, 5) is 11.2. The Balaban J connectivity index is 2.34. The summed E-state index contributed by atoms with van der Waals surface area (Å²) >= 11 is 0. The first-order valence-corrected chi connectivity index (χ1v) is 6.51. The third kappa shape index (κ3) is 2.77. The highest BCUT2D eigenvalue weighted by Gasteiger charge is 2.48. The number of hydrogen-bond donors (Lipinski definition) is 1. The molecular formula is C15H19FO4. The molecule has 20 heavy (non-hydrogen) atoms. The van der Waals surface area contributed by atoms with Gasteiger partial charge in [0.15, 0.2) is 11.6 Å². The van der Waals surface area contributed by atoms with Crippen molar-refractivity contribution in [3.05, 3.63) is 29.6 Å². The fourth-order valence-electron chi connectivity index (χ4n) is 2.63. The first-order valence-electron chi connectivity index (χ1n) is 6.51. The summed E-state index contributed by atoms with van der Waals surface area (Å²) in [6.45, 7) is 7.57. The second-order valence-corrected chi connectivity index (χ2v) is 6.20. The van der Waals surface area contributed by atoms with Crippen LogP contribution in [0.3, 0.4) is 0 Å². The molecule has 0 spiro atoms. The van der Waals surface area contributed by atoms with Crippen molar-refractivity contribution >= 4 is 5.97 Å². The molecule has 1 fully saturated rings. The Morgan fingerprint density at radius 2 is 2.05 bits per heavy atom. The van der Waals surface area contributed by atoms with E-state index in [4.69, 9.17) is 14.6 Å². The van der Waals surface area contributed by atoms with Gasteiger partial charge in [-0.2, -0.15) is 0 Å². The zero-order chi connectivity index (χ0) is 15.1. The Morgan fingerprint density at radius 1 is 1.40 bits per heavy atom. The predicted octanol–water partition coefficient (Wildman–Crippen LogP) is 3.25. The van der Waals surface area contributed by atoms with Gasteiger partial charge in [-0.1, -0.05) is 6.07 Å². The zero-order valence-electron chi connectivity index (χ0n) is 12.1. The lowest BCUT2D eigenvalue weighted by atomic mass is 9.97. The van der Waals surface area contributed by atoms with Gasteiger partial charge in [-0.25, -0.2) is 9.18 Å². The molecule has 0 bridgehead atoms. The lowest BCUT2D eigenvalue weighted by molar-refractivity contribution is -0.0850. The quantitative estimate of drug-likeness (QED) is 0.924. The van der Waals surface area contributed by atoms with Crippen LogP contribution in [-0.4, -0.2) is 28.4 Å². The number of carboxylic acid groups (broad SMARTS) is 1. The number of carboxylic acids is 1. The van der Waals surface area contributed by atoms with E-state index in [1.807, 2.05) is 27.7 Å². The molecule has 1 aromatic rings. The van der Waals surface area contributed by atoms with Gasteiger partial charge in [0, 0.05) is 6.42 Å². The maximum atomic E-state index is 13.9. The van der Waals surface area contributed by atoms with Crippen molar-refractivity contribution in [2.75, 3.05) is 0 Å². The third-order valence-corrected chi connectivity index (χ3v) is 3.45. The Labute approximate surface area is 117 Å². The Hall–Kier alpha value is -1.62. The van der Waals surface area contributed by atoms with Gasteiger partial charge in [-0.05, 0) is 39.8 Å². The summed E-state index contributed by atoms with van der Waals surface area (Å²) in [5.74, 6) is -2.11. The number of ether oxygens (including phenoxy) is 2. The molecule has 0 aliphatic carbocycles. The minimum atomic E-state index is -1.21. The molecule has 0 radical (unpaired) electrons. The van der Waals surface area contributed by atoms with E-state index in [0.717, 1.165) is 0 Å². The van der Waals surface area contributed by atoms with E-state index in [9.17, 15) is 9.18 Å². The maximum Gasteiger partial charge on any atom is 0.339 e. The highest BCUT2D eigenvalue weighted by atomic mass is 19.1. The van der Waals surface area contributed by atoms with Crippen molar-refractivity contribution in [2.45, 2.75) is 51.4 Å². The van der Waals surface area contributed by atoms with E-state index in [1.165, 1.54) is 18.2 Å². The van der Waals surface area contributed by atoms with Gasteiger partial charge in [0.25, 0.3) is 0 Å². The predicted molar refractivity (Wildman–Crippen MR) is 71.6 cm³/mol. The van der Waals surface area contributed by atoms with Crippen LogP contribution in [0.5, 0.6) is 5.75 Å². The van der Waals surface area contributed by atoms with Gasteiger partial charge < -0.3 is 14.6 Å². The molecule has 5 heteroatoms. The summed E-state index contributed by atoms with van der Waals surface area (Å²) in [6, 6.07) is 3.87. The van der Waals surface area contributed by atoms with Crippen molar-refractivity contribution in [3.8, 4) is 5.75 Å². The van der Waals surface area contributed by atoms with Gasteiger partial charge in [0.05, 0.1) is 5.60 Å². The van der Waals surface area contributed by atoms with E-state index in [2.05, 4.69) is 0 Å². The molecular weight excluding hydrogens is 263 g/mol. The molecule has 2 rings (SSSR count). The molecule has 0 saturated carbocycles. The minimum absolute atomic E-state index is 0.175. The molecule has 4 nitrogen and oxygen atoms in total. The number of hydrogen-bond acceptors (Lipinski definition) is 3. The number of halogens is 1. The second kappa shape index (κ2) is 4.74. The first-order chi connectivity index (χ1) is 9.12. The van der Waals surface area contributed by atoms with Crippen LogP contribution in [0.1, 0.15) is 44.5 Å². The summed E-state index contributed by atoms with van der Waals surface area (Å²) in [5, 5.41) is 9.12. The minimum Gasteiger partial charge on any atom is -0.483 e. The van der Waals surface area contributed by atoms with Crippen LogP contribution in [0.25, 0.3) is 0 Å². The van der Waals surface area contributed by atoms with Crippen molar-refractivity contribution in [1.82, 2.24) is 0 Å². The van der Waals surface area contributed by atoms with Crippen LogP contribution in [0.2, 0.25) is 0 Å². The molecule has 1 heterocycles. The Morgan fingerprint density at radius 3 is 2.55 bits per heavy atom. The number of carbonyl (C=O) groups is 1. The fraction of sp³-hybridized carbons (Fsp3) is 0.533. The highest BCUT2D eigenvalue weighted by Crippen LogP contribution is 2.40. The van der Waals surface area contributed by atoms with Crippen LogP contribution in [0, 0.1) is 5.82 Å². The SMILES string of the molecule is CC1(C)CC(Oc2c(F)cccc2C(=O)O)C(C)(C)O1. The molecule has 1 saturated heterocycles. The zero-order valence-corrected chi connectivity index (χ0v) is 12.1. The van der Waals surface area contributed by atoms with Crippen molar-refractivity contribution < 1.29 is 23.8 Å². The standard InChI is InChI=1S/C15H19FO4/c1-14(2)8-11(15(3,4)20-14)19-12-9(13(17)18)6-5-7-10(12)16/h5-7,11H,8H2,1-4H3,(H,17,18). The number of aromatic carboxylic acids is 1. The molecule has 0 aromatic heterocycles. The molecule has 0 amide bonds. The van der Waals surface area contributed by atoms with Gasteiger partial charge in [-0.15, -0.1) is 0 Å². The lowest BCUT2D eigenvalue weighted by Gasteiger charge is -2.27. The molecule has 110 valence electrons. The van der Waals surface area contributed by atoms with Crippen LogP contribution < -0.4 is 4.74 Å². The number of rotatable bonds is 3. The van der Waals surface area contributed by atoms with Crippen LogP contribution in [0.15, 0.2) is 18.2 Å². The molecule has 1 unspecified atom stereocenters. The summed E-state index contributed by atoms with van der Waals surface area (Å²) in [6.07, 6.45) is 0.153. The number of benzene rings is 1. The smallest absolute Gasteiger partial charge is 0.339 e. The monoisotopic (exact) mass is 282 g/mol. The fourth-order valence-corrected chi connectivity index (χ4v) is 2.63. The van der Waals surface area contributed by atoms with E-state index < -0.39 is 23.5 Å². The summed E-state index contributed by atoms with van der Waals surface area (Å²) in [7, 11) is 0. The van der Waals surface area contributed by atoms with Crippen LogP contribution in [0.4, 0.5) is 4.39 Å². The van der Waals surface area contributed by atoms with E-state index in [1.54, 1.807) is 0 Å². The number of para-hydroxylation sites is 1. The average Bonchev–Trinajstić information content (AvgIpc) is 2.49. The third-order valence-electron chi connectivity index (χ3n) is 3.45. The topological polar surface area (TPSA) is 55.8 Å². The van der Waals surface area contributed by atoms with Gasteiger partial charge >= 0.3 is 5.97 Å². The van der Waals surface area contributed by atoms with Gasteiger partial charge in [0.1, 0.15) is 17.3 Å². The van der Waals surface area contributed by atoms with Crippen molar-refractivity contribution in [3.63, 3.8) is 0 Å². The van der Waals surface area contributed by atoms with Crippen molar-refractivity contribution in [2.24, 2.45) is 0 Å². The summed E-state index contributed by atoms with van der Waals surface area (Å²) in [5.41, 5.74) is -1.17. The highest BCUT2D eigenvalue weighted by molar-refractivity contribution is 5.90. The summed E-state index contributed by atoms with van der Waals surface area (Å²) < 4.78 is 25.4. The molecule has 1 aliphatic heterocycles. The maximum absolute atomic E-state index is 13.9. The van der Waals surface area contributed by atoms with Crippen LogP contribution >= 0.6 is 0 Å². The largest absolute Gasteiger partial charge is 0.483 e. The second-order valence-electron chi connectivity index (χ2n) is 6.20. The van der Waals surface area contributed by atoms with E-state index in [-0.39, 0.29) is 16.9 Å².